The van der Waals surface area contributed by atoms with E-state index in [1.165, 1.54) is 12.2 Å². The van der Waals surface area contributed by atoms with Crippen molar-refractivity contribution in [3.05, 3.63) is 24.0 Å². The molecule has 1 heterocycles. The minimum atomic E-state index is -4.60. The Morgan fingerprint density at radius 1 is 1.62 bits per heavy atom. The standard InChI is InChI=1S/C5H9N3O4S/c6-4-2-1-3-5(7)8(4)12-13(9,10)11/h1-4H,6-7H2,(H,9,10,11)/t4-/m1/s1. The van der Waals surface area contributed by atoms with Gasteiger partial charge in [-0.2, -0.15) is 13.5 Å². The van der Waals surface area contributed by atoms with Crippen LogP contribution >= 0.6 is 0 Å². The van der Waals surface area contributed by atoms with Crippen molar-refractivity contribution in [3.63, 3.8) is 0 Å². The van der Waals surface area contributed by atoms with Crippen LogP contribution in [0.2, 0.25) is 0 Å². The predicted octanol–water partition coefficient (Wildman–Crippen LogP) is -1.32. The van der Waals surface area contributed by atoms with E-state index in [4.69, 9.17) is 16.0 Å². The van der Waals surface area contributed by atoms with Crippen LogP contribution in [0.5, 0.6) is 0 Å². The van der Waals surface area contributed by atoms with Gasteiger partial charge in [0.2, 0.25) is 0 Å². The molecule has 0 aromatic carbocycles. The van der Waals surface area contributed by atoms with Gasteiger partial charge in [-0.1, -0.05) is 6.08 Å². The molecule has 7 nitrogen and oxygen atoms in total. The van der Waals surface area contributed by atoms with E-state index in [0.29, 0.717) is 5.06 Å². The summed E-state index contributed by atoms with van der Waals surface area (Å²) in [5, 5.41) is 0.676. The second-order valence-electron chi connectivity index (χ2n) is 2.30. The molecule has 0 unspecified atom stereocenters. The number of hydrogen-bond acceptors (Lipinski definition) is 6. The molecular formula is C5H9N3O4S. The van der Waals surface area contributed by atoms with E-state index in [-0.39, 0.29) is 5.82 Å². The van der Waals surface area contributed by atoms with Crippen LogP contribution in [0.15, 0.2) is 24.0 Å². The van der Waals surface area contributed by atoms with E-state index in [1.807, 2.05) is 0 Å². The van der Waals surface area contributed by atoms with Gasteiger partial charge >= 0.3 is 10.4 Å². The van der Waals surface area contributed by atoms with E-state index in [9.17, 15) is 8.42 Å². The lowest BCUT2D eigenvalue weighted by molar-refractivity contribution is -0.0505. The van der Waals surface area contributed by atoms with Crippen LogP contribution in [0, 0.1) is 0 Å². The maximum absolute atomic E-state index is 10.3. The first kappa shape index (κ1) is 9.99. The molecular weight excluding hydrogens is 198 g/mol. The van der Waals surface area contributed by atoms with Gasteiger partial charge in [-0.25, -0.2) is 0 Å². The molecule has 0 aromatic rings. The highest BCUT2D eigenvalue weighted by molar-refractivity contribution is 7.80. The first-order valence-electron chi connectivity index (χ1n) is 3.26. The smallest absolute Gasteiger partial charge is 0.384 e. The van der Waals surface area contributed by atoms with Crippen molar-refractivity contribution >= 4 is 10.4 Å². The Morgan fingerprint density at radius 3 is 2.69 bits per heavy atom. The summed E-state index contributed by atoms with van der Waals surface area (Å²) in [6.07, 6.45) is 3.53. The zero-order valence-corrected chi connectivity index (χ0v) is 7.31. The average Bonchev–Trinajstić information content (AvgIpc) is 1.95. The molecule has 0 amide bonds. The largest absolute Gasteiger partial charge is 0.418 e. The van der Waals surface area contributed by atoms with Gasteiger partial charge in [0.25, 0.3) is 0 Å². The minimum absolute atomic E-state index is 0.00683. The Kier molecular flexibility index (Phi) is 2.57. The van der Waals surface area contributed by atoms with Crippen molar-refractivity contribution in [1.29, 1.82) is 0 Å². The van der Waals surface area contributed by atoms with Gasteiger partial charge in [0.15, 0.2) is 0 Å². The Bertz CT molecular complexity index is 347. The van der Waals surface area contributed by atoms with Gasteiger partial charge in [0, 0.05) is 0 Å². The highest BCUT2D eigenvalue weighted by atomic mass is 32.3. The fourth-order valence-corrected chi connectivity index (χ4v) is 1.17. The molecule has 0 aliphatic carbocycles. The molecule has 0 spiro atoms. The topological polar surface area (TPSA) is 119 Å². The second kappa shape index (κ2) is 3.34. The summed E-state index contributed by atoms with van der Waals surface area (Å²) in [6.45, 7) is 0. The highest BCUT2D eigenvalue weighted by Gasteiger charge is 2.22. The Balaban J connectivity index is 2.81. The molecule has 1 aliphatic rings. The fraction of sp³-hybridized carbons (Fsp3) is 0.200. The molecule has 0 aromatic heterocycles. The number of allylic oxidation sites excluding steroid dienone is 2. The lowest BCUT2D eigenvalue weighted by atomic mass is 10.3. The zero-order chi connectivity index (χ0) is 10.1. The minimum Gasteiger partial charge on any atom is -0.384 e. The molecule has 0 radical (unpaired) electrons. The fourth-order valence-electron chi connectivity index (χ4n) is 0.786. The monoisotopic (exact) mass is 207 g/mol. The third-order valence-electron chi connectivity index (χ3n) is 1.28. The maximum Gasteiger partial charge on any atom is 0.418 e. The van der Waals surface area contributed by atoms with Crippen LogP contribution < -0.4 is 11.5 Å². The van der Waals surface area contributed by atoms with Crippen molar-refractivity contribution in [2.45, 2.75) is 6.17 Å². The van der Waals surface area contributed by atoms with Crippen LogP contribution in [0.3, 0.4) is 0 Å². The van der Waals surface area contributed by atoms with Gasteiger partial charge in [-0.15, -0.1) is 4.28 Å². The number of hydroxylamine groups is 2. The molecule has 74 valence electrons. The summed E-state index contributed by atoms with van der Waals surface area (Å²) in [7, 11) is -4.60. The van der Waals surface area contributed by atoms with Crippen LogP contribution in [0.1, 0.15) is 0 Å². The van der Waals surface area contributed by atoms with Crippen molar-refractivity contribution in [1.82, 2.24) is 5.06 Å². The zero-order valence-electron chi connectivity index (χ0n) is 6.49. The summed E-state index contributed by atoms with van der Waals surface area (Å²) in [5.74, 6) is -0.00683. The molecule has 0 saturated carbocycles. The van der Waals surface area contributed by atoms with E-state index in [2.05, 4.69) is 4.28 Å². The Hall–Kier alpha value is -1.09. The quantitative estimate of drug-likeness (QED) is 0.480. The van der Waals surface area contributed by atoms with Gasteiger partial charge in [-0.3, -0.25) is 4.55 Å². The molecule has 1 atom stereocenters. The Labute approximate surface area is 75.2 Å². The SMILES string of the molecule is NC1=CC=C[C@H](N)N1OS(=O)(=O)O. The maximum atomic E-state index is 10.3. The summed E-state index contributed by atoms with van der Waals surface area (Å²) in [4.78, 5) is 0. The summed E-state index contributed by atoms with van der Waals surface area (Å²) >= 11 is 0. The lowest BCUT2D eigenvalue weighted by Gasteiger charge is -2.27. The first-order chi connectivity index (χ1) is 5.90. The molecule has 1 aliphatic heterocycles. The molecule has 13 heavy (non-hydrogen) atoms. The normalized spacial score (nSPS) is 23.1. The number of nitrogens with zero attached hydrogens (tertiary/aromatic N) is 1. The van der Waals surface area contributed by atoms with Crippen molar-refractivity contribution < 1.29 is 17.3 Å². The van der Waals surface area contributed by atoms with Gasteiger partial charge in [0.1, 0.15) is 12.0 Å². The van der Waals surface area contributed by atoms with Gasteiger partial charge in [0.05, 0.1) is 0 Å². The molecule has 0 saturated heterocycles. The summed E-state index contributed by atoms with van der Waals surface area (Å²) < 4.78 is 33.1. The third kappa shape index (κ3) is 2.70. The van der Waals surface area contributed by atoms with E-state index in [0.717, 1.165) is 0 Å². The predicted molar refractivity (Wildman–Crippen MR) is 43.9 cm³/mol. The van der Waals surface area contributed by atoms with Crippen molar-refractivity contribution in [3.8, 4) is 0 Å². The summed E-state index contributed by atoms with van der Waals surface area (Å²) in [6, 6.07) is 0. The molecule has 0 fully saturated rings. The third-order valence-corrected chi connectivity index (χ3v) is 1.62. The number of nitrogens with two attached hydrogens (primary N) is 2. The molecule has 0 bridgehead atoms. The van der Waals surface area contributed by atoms with E-state index in [1.54, 1.807) is 6.08 Å². The van der Waals surface area contributed by atoms with Gasteiger partial charge in [-0.05, 0) is 12.2 Å². The Morgan fingerprint density at radius 2 is 2.23 bits per heavy atom. The molecule has 1 rings (SSSR count). The van der Waals surface area contributed by atoms with Gasteiger partial charge < -0.3 is 11.5 Å². The highest BCUT2D eigenvalue weighted by Crippen LogP contribution is 2.10. The number of hydrogen-bond donors (Lipinski definition) is 3. The van der Waals surface area contributed by atoms with Crippen LogP contribution in [-0.4, -0.2) is 24.2 Å². The number of rotatable bonds is 2. The molecule has 8 heteroatoms. The van der Waals surface area contributed by atoms with E-state index >= 15 is 0 Å². The van der Waals surface area contributed by atoms with Crippen LogP contribution in [-0.2, 0) is 14.7 Å². The molecule has 5 N–H and O–H groups in total. The van der Waals surface area contributed by atoms with Crippen LogP contribution in [0.4, 0.5) is 0 Å². The lowest BCUT2D eigenvalue weighted by Crippen LogP contribution is -2.44. The average molecular weight is 207 g/mol. The first-order valence-corrected chi connectivity index (χ1v) is 4.62. The van der Waals surface area contributed by atoms with Crippen molar-refractivity contribution in [2.75, 3.05) is 0 Å². The summed E-state index contributed by atoms with van der Waals surface area (Å²) in [5.41, 5.74) is 10.7. The van der Waals surface area contributed by atoms with E-state index < -0.39 is 16.6 Å². The second-order valence-corrected chi connectivity index (χ2v) is 3.30. The van der Waals surface area contributed by atoms with Crippen LogP contribution in [0.25, 0.3) is 0 Å². The van der Waals surface area contributed by atoms with Crippen molar-refractivity contribution in [2.24, 2.45) is 11.5 Å².